The molecule has 0 aliphatic carbocycles. The van der Waals surface area contributed by atoms with E-state index in [9.17, 15) is 27.7 Å². The first-order chi connectivity index (χ1) is 8.65. The van der Waals surface area contributed by atoms with E-state index in [4.69, 9.17) is 5.73 Å². The van der Waals surface area contributed by atoms with Gasteiger partial charge in [0, 0.05) is 12.1 Å². The number of nitro benzene ring substituents is 1. The van der Waals surface area contributed by atoms with Crippen molar-refractivity contribution in [1.29, 1.82) is 0 Å². The highest BCUT2D eigenvalue weighted by atomic mass is 79.9. The van der Waals surface area contributed by atoms with Crippen LogP contribution in [0.15, 0.2) is 21.5 Å². The van der Waals surface area contributed by atoms with Crippen molar-refractivity contribution in [1.82, 2.24) is 4.72 Å². The van der Waals surface area contributed by atoms with Crippen LogP contribution in [0.4, 0.5) is 10.1 Å². The first-order valence-electron chi connectivity index (χ1n) is 4.56. The number of nitrogens with one attached hydrogen (secondary N) is 1. The molecule has 0 fully saturated rings. The second-order valence-electron chi connectivity index (χ2n) is 3.29. The maximum atomic E-state index is 13.7. The van der Waals surface area contributed by atoms with Crippen LogP contribution in [0.25, 0.3) is 0 Å². The van der Waals surface area contributed by atoms with Crippen molar-refractivity contribution < 1.29 is 22.5 Å². The van der Waals surface area contributed by atoms with Gasteiger partial charge in [0.2, 0.25) is 15.9 Å². The highest BCUT2D eigenvalue weighted by molar-refractivity contribution is 9.10. The average Bonchev–Trinajstić information content (AvgIpc) is 2.29. The molecule has 0 bridgehead atoms. The molecule has 0 aliphatic heterocycles. The summed E-state index contributed by atoms with van der Waals surface area (Å²) < 4.78 is 38.4. The number of nitrogens with two attached hydrogens (primary N) is 1. The standard InChI is InChI=1S/C8H7BrFN3O5S/c9-5-1-4(13(15)16)2-6(8(5)10)19(17,18)12-3-7(11)14/h1-2,12H,3H2,(H2,11,14). The van der Waals surface area contributed by atoms with Crippen LogP contribution in [0.5, 0.6) is 0 Å². The summed E-state index contributed by atoms with van der Waals surface area (Å²) in [6, 6.07) is 1.37. The van der Waals surface area contributed by atoms with Gasteiger partial charge in [0.15, 0.2) is 5.82 Å². The van der Waals surface area contributed by atoms with E-state index in [2.05, 4.69) is 15.9 Å². The van der Waals surface area contributed by atoms with E-state index in [-0.39, 0.29) is 4.47 Å². The number of rotatable bonds is 5. The van der Waals surface area contributed by atoms with Gasteiger partial charge in [0.1, 0.15) is 4.90 Å². The number of nitro groups is 1. The summed E-state index contributed by atoms with van der Waals surface area (Å²) in [5.41, 5.74) is 4.13. The Balaban J connectivity index is 3.33. The van der Waals surface area contributed by atoms with E-state index in [1.165, 1.54) is 0 Å². The van der Waals surface area contributed by atoms with Gasteiger partial charge in [-0.15, -0.1) is 0 Å². The Hall–Kier alpha value is -1.59. The molecule has 1 aromatic carbocycles. The molecule has 0 spiro atoms. The monoisotopic (exact) mass is 355 g/mol. The summed E-state index contributed by atoms with van der Waals surface area (Å²) in [7, 11) is -4.42. The summed E-state index contributed by atoms with van der Waals surface area (Å²) in [5, 5.41) is 10.6. The van der Waals surface area contributed by atoms with Gasteiger partial charge in [-0.2, -0.15) is 0 Å². The maximum Gasteiger partial charge on any atom is 0.272 e. The Labute approximate surface area is 115 Å². The van der Waals surface area contributed by atoms with Crippen LogP contribution in [0.2, 0.25) is 0 Å². The molecule has 0 saturated heterocycles. The molecule has 3 N–H and O–H groups in total. The van der Waals surface area contributed by atoms with Crippen molar-refractivity contribution in [3.05, 3.63) is 32.5 Å². The van der Waals surface area contributed by atoms with Crippen LogP contribution < -0.4 is 10.5 Å². The summed E-state index contributed by atoms with van der Waals surface area (Å²) in [6.45, 7) is -0.748. The summed E-state index contributed by atoms with van der Waals surface area (Å²) in [5.74, 6) is -2.18. The molecule has 0 radical (unpaired) electrons. The van der Waals surface area contributed by atoms with E-state index >= 15 is 0 Å². The van der Waals surface area contributed by atoms with Crippen LogP contribution in [0, 0.1) is 15.9 Å². The van der Waals surface area contributed by atoms with Gasteiger partial charge in [-0.3, -0.25) is 14.9 Å². The van der Waals surface area contributed by atoms with Gasteiger partial charge in [-0.25, -0.2) is 17.5 Å². The zero-order valence-electron chi connectivity index (χ0n) is 9.09. The Bertz CT molecular complexity index is 648. The highest BCUT2D eigenvalue weighted by Gasteiger charge is 2.25. The molecule has 8 nitrogen and oxygen atoms in total. The second-order valence-corrected chi connectivity index (χ2v) is 5.88. The number of carbonyl (C=O) groups is 1. The SMILES string of the molecule is NC(=O)CNS(=O)(=O)c1cc([N+](=O)[O-])cc(Br)c1F. The average molecular weight is 356 g/mol. The maximum absolute atomic E-state index is 13.7. The molecule has 0 atom stereocenters. The van der Waals surface area contributed by atoms with Crippen molar-refractivity contribution in [2.45, 2.75) is 4.90 Å². The molecule has 11 heteroatoms. The van der Waals surface area contributed by atoms with Gasteiger partial charge >= 0.3 is 0 Å². The van der Waals surface area contributed by atoms with Crippen molar-refractivity contribution in [2.75, 3.05) is 6.54 Å². The van der Waals surface area contributed by atoms with Crippen molar-refractivity contribution >= 4 is 37.5 Å². The third-order valence-electron chi connectivity index (χ3n) is 1.92. The molecule has 0 aliphatic rings. The molecule has 1 amide bonds. The Morgan fingerprint density at radius 2 is 2.11 bits per heavy atom. The molecular formula is C8H7BrFN3O5S. The lowest BCUT2D eigenvalue weighted by atomic mass is 10.3. The van der Waals surface area contributed by atoms with Gasteiger partial charge in [0.05, 0.1) is 15.9 Å². The van der Waals surface area contributed by atoms with Crippen molar-refractivity contribution in [3.8, 4) is 0 Å². The van der Waals surface area contributed by atoms with Crippen molar-refractivity contribution in [2.24, 2.45) is 5.73 Å². The predicted molar refractivity (Wildman–Crippen MR) is 65.1 cm³/mol. The van der Waals surface area contributed by atoms with Crippen LogP contribution in [-0.4, -0.2) is 25.8 Å². The molecular weight excluding hydrogens is 349 g/mol. The molecule has 104 valence electrons. The minimum absolute atomic E-state index is 0.388. The summed E-state index contributed by atoms with van der Waals surface area (Å²) in [4.78, 5) is 19.2. The number of amides is 1. The number of hydrogen-bond donors (Lipinski definition) is 2. The lowest BCUT2D eigenvalue weighted by Gasteiger charge is -2.07. The summed E-state index contributed by atoms with van der Waals surface area (Å²) in [6.07, 6.45) is 0. The largest absolute Gasteiger partial charge is 0.369 e. The van der Waals surface area contributed by atoms with Gasteiger partial charge in [0.25, 0.3) is 5.69 Å². The van der Waals surface area contributed by atoms with Gasteiger partial charge in [-0.1, -0.05) is 0 Å². The quantitative estimate of drug-likeness (QED) is 0.577. The minimum atomic E-state index is -4.42. The van der Waals surface area contributed by atoms with Crippen LogP contribution >= 0.6 is 15.9 Å². The molecule has 1 aromatic rings. The number of primary amides is 1. The number of benzene rings is 1. The molecule has 0 heterocycles. The third kappa shape index (κ3) is 3.68. The molecule has 1 rings (SSSR count). The number of carbonyl (C=O) groups excluding carboxylic acids is 1. The minimum Gasteiger partial charge on any atom is -0.369 e. The van der Waals surface area contributed by atoms with Gasteiger partial charge in [-0.05, 0) is 15.9 Å². The first kappa shape index (κ1) is 15.5. The van der Waals surface area contributed by atoms with Crippen molar-refractivity contribution in [3.63, 3.8) is 0 Å². The topological polar surface area (TPSA) is 132 Å². The normalized spacial score (nSPS) is 11.3. The Kier molecular flexibility index (Phi) is 4.55. The summed E-state index contributed by atoms with van der Waals surface area (Å²) >= 11 is 2.67. The molecule has 19 heavy (non-hydrogen) atoms. The highest BCUT2D eigenvalue weighted by Crippen LogP contribution is 2.28. The fourth-order valence-corrected chi connectivity index (χ4v) is 2.78. The van der Waals surface area contributed by atoms with E-state index in [1.807, 2.05) is 0 Å². The number of nitrogens with zero attached hydrogens (tertiary/aromatic N) is 1. The first-order valence-corrected chi connectivity index (χ1v) is 6.84. The smallest absolute Gasteiger partial charge is 0.272 e. The fourth-order valence-electron chi connectivity index (χ4n) is 1.10. The number of halogens is 2. The van der Waals surface area contributed by atoms with Crippen LogP contribution in [0.1, 0.15) is 0 Å². The number of sulfonamides is 1. The van der Waals surface area contributed by atoms with Gasteiger partial charge < -0.3 is 5.73 Å². The van der Waals surface area contributed by atoms with Crippen LogP contribution in [0.3, 0.4) is 0 Å². The lowest BCUT2D eigenvalue weighted by molar-refractivity contribution is -0.385. The van der Waals surface area contributed by atoms with E-state index in [0.29, 0.717) is 6.07 Å². The molecule has 0 unspecified atom stereocenters. The zero-order valence-corrected chi connectivity index (χ0v) is 11.5. The second kappa shape index (κ2) is 5.59. The zero-order chi connectivity index (χ0) is 14.8. The Morgan fingerprint density at radius 1 is 1.53 bits per heavy atom. The molecule has 0 aromatic heterocycles. The third-order valence-corrected chi connectivity index (χ3v) is 3.89. The number of hydrogen-bond acceptors (Lipinski definition) is 5. The fraction of sp³-hybridized carbons (Fsp3) is 0.125. The predicted octanol–water partition coefficient (Wildman–Crippen LogP) is 0.260. The lowest BCUT2D eigenvalue weighted by Crippen LogP contribution is -2.33. The van der Waals surface area contributed by atoms with E-state index in [0.717, 1.165) is 6.07 Å². The Morgan fingerprint density at radius 3 is 2.58 bits per heavy atom. The number of non-ortho nitro benzene ring substituents is 1. The molecule has 0 saturated carbocycles. The van der Waals surface area contributed by atoms with E-state index < -0.39 is 43.8 Å². The van der Waals surface area contributed by atoms with E-state index in [1.54, 1.807) is 4.72 Å². The van der Waals surface area contributed by atoms with Crippen LogP contribution in [-0.2, 0) is 14.8 Å².